The van der Waals surface area contributed by atoms with Gasteiger partial charge in [-0.05, 0) is 62.1 Å². The first kappa shape index (κ1) is 24.1. The molecule has 1 fully saturated rings. The lowest BCUT2D eigenvalue weighted by Crippen LogP contribution is -2.29. The monoisotopic (exact) mass is 508 g/mol. The quantitative estimate of drug-likeness (QED) is 0.396. The largest absolute Gasteiger partial charge is 0.325 e. The lowest BCUT2D eigenvalue weighted by molar-refractivity contribution is -0.125. The number of carbonyl (C=O) groups excluding carboxylic acids is 2. The highest BCUT2D eigenvalue weighted by atomic mass is 35.5. The lowest BCUT2D eigenvalue weighted by atomic mass is 10.0. The van der Waals surface area contributed by atoms with Crippen molar-refractivity contribution in [2.24, 2.45) is 0 Å². The molecule has 0 spiro atoms. The summed E-state index contributed by atoms with van der Waals surface area (Å²) in [6.45, 7) is 2.32. The van der Waals surface area contributed by atoms with E-state index in [-0.39, 0.29) is 17.8 Å². The van der Waals surface area contributed by atoms with Crippen molar-refractivity contribution in [3.63, 3.8) is 0 Å². The van der Waals surface area contributed by atoms with Crippen molar-refractivity contribution in [1.29, 1.82) is 5.26 Å². The smallest absolute Gasteiger partial charge is 0.298 e. The van der Waals surface area contributed by atoms with Crippen LogP contribution in [0.2, 0.25) is 5.02 Å². The maximum Gasteiger partial charge on any atom is 0.298 e. The fourth-order valence-electron chi connectivity index (χ4n) is 4.69. The number of likely N-dealkylation sites (tertiary alicyclic amines) is 1. The van der Waals surface area contributed by atoms with Gasteiger partial charge in [0.25, 0.3) is 11.8 Å². The van der Waals surface area contributed by atoms with E-state index in [2.05, 4.69) is 27.1 Å². The van der Waals surface area contributed by atoms with Gasteiger partial charge in [0, 0.05) is 35.6 Å². The Hall–Kier alpha value is -4.66. The number of amides is 2. The number of benzene rings is 1. The van der Waals surface area contributed by atoms with Crippen LogP contribution in [0.1, 0.15) is 47.3 Å². The van der Waals surface area contributed by atoms with E-state index < -0.39 is 5.91 Å². The first-order valence-corrected chi connectivity index (χ1v) is 12.0. The zero-order chi connectivity index (χ0) is 25.9. The Morgan fingerprint density at radius 1 is 1.16 bits per heavy atom. The van der Waals surface area contributed by atoms with E-state index in [1.807, 2.05) is 27.5 Å². The molecule has 4 aromatic rings. The molecule has 0 radical (unpaired) electrons. The minimum Gasteiger partial charge on any atom is -0.325 e. The van der Waals surface area contributed by atoms with Crippen LogP contribution in [0.5, 0.6) is 0 Å². The van der Waals surface area contributed by atoms with Gasteiger partial charge in [-0.3, -0.25) is 14.0 Å². The first-order chi connectivity index (χ1) is 18.0. The fraction of sp³-hybridized carbons (Fsp3) is 0.179. The summed E-state index contributed by atoms with van der Waals surface area (Å²) in [5.74, 6) is 5.07. The van der Waals surface area contributed by atoms with Gasteiger partial charge in [-0.1, -0.05) is 23.6 Å². The Morgan fingerprint density at radius 2 is 2.03 bits per heavy atom. The van der Waals surface area contributed by atoms with Crippen LogP contribution in [0.25, 0.3) is 16.8 Å². The van der Waals surface area contributed by atoms with Crippen molar-refractivity contribution in [2.75, 3.05) is 11.9 Å². The van der Waals surface area contributed by atoms with Crippen molar-refractivity contribution in [1.82, 2.24) is 19.3 Å². The van der Waals surface area contributed by atoms with Gasteiger partial charge in [0.05, 0.1) is 40.2 Å². The maximum absolute atomic E-state index is 12.8. The van der Waals surface area contributed by atoms with E-state index in [4.69, 9.17) is 16.9 Å². The molecule has 9 heteroatoms. The van der Waals surface area contributed by atoms with Crippen LogP contribution in [-0.2, 0) is 4.79 Å². The van der Waals surface area contributed by atoms with E-state index in [1.165, 1.54) is 12.3 Å². The lowest BCUT2D eigenvalue weighted by Gasteiger charge is -2.22. The molecule has 1 atom stereocenters. The van der Waals surface area contributed by atoms with E-state index in [9.17, 15) is 9.59 Å². The maximum atomic E-state index is 12.8. The molecule has 1 aliphatic rings. The molecule has 37 heavy (non-hydrogen) atoms. The van der Waals surface area contributed by atoms with E-state index in [0.717, 1.165) is 35.2 Å². The predicted octanol–water partition coefficient (Wildman–Crippen LogP) is 4.86. The number of anilines is 1. The molecule has 1 aliphatic heterocycles. The summed E-state index contributed by atoms with van der Waals surface area (Å²) in [6.07, 6.45) is 6.63. The van der Waals surface area contributed by atoms with Crippen LogP contribution in [0.15, 0.2) is 61.2 Å². The van der Waals surface area contributed by atoms with E-state index in [1.54, 1.807) is 43.7 Å². The molecule has 182 valence electrons. The van der Waals surface area contributed by atoms with Crippen molar-refractivity contribution in [3.8, 4) is 29.2 Å². The third-order valence-electron chi connectivity index (χ3n) is 6.35. The molecule has 5 rings (SSSR count). The number of nitriles is 1. The van der Waals surface area contributed by atoms with Gasteiger partial charge in [-0.25, -0.2) is 9.97 Å². The number of fused-ring (bicyclic) bond motifs is 1. The Morgan fingerprint density at radius 3 is 2.81 bits per heavy atom. The number of hydrogen-bond acceptors (Lipinski definition) is 5. The van der Waals surface area contributed by atoms with Crippen LogP contribution < -0.4 is 5.32 Å². The molecular weight excluding hydrogens is 488 g/mol. The molecule has 8 nitrogen and oxygen atoms in total. The minimum absolute atomic E-state index is 0.0972. The number of hydrogen-bond donors (Lipinski definition) is 1. The SMILES string of the molecule is CC#CC(=O)N1CCCC1c1cc(-c2ccc(C(=O)Nc3cc(C#N)ccn3)cc2Cl)n2cnccc12. The van der Waals surface area contributed by atoms with E-state index >= 15 is 0 Å². The summed E-state index contributed by atoms with van der Waals surface area (Å²) in [5.41, 5.74) is 4.21. The molecule has 3 aromatic heterocycles. The Labute approximate surface area is 218 Å². The number of nitrogens with one attached hydrogen (secondary N) is 1. The summed E-state index contributed by atoms with van der Waals surface area (Å²) in [5, 5.41) is 12.1. The number of pyridine rings is 1. The van der Waals surface area contributed by atoms with Gasteiger partial charge in [0.15, 0.2) is 0 Å². The second-order valence-electron chi connectivity index (χ2n) is 8.54. The highest BCUT2D eigenvalue weighted by molar-refractivity contribution is 6.33. The number of aromatic nitrogens is 3. The van der Waals surface area contributed by atoms with Gasteiger partial charge < -0.3 is 10.2 Å². The molecule has 0 aliphatic carbocycles. The summed E-state index contributed by atoms with van der Waals surface area (Å²) >= 11 is 6.69. The number of halogens is 1. The van der Waals surface area contributed by atoms with Crippen LogP contribution in [0, 0.1) is 23.2 Å². The van der Waals surface area contributed by atoms with Gasteiger partial charge in [0.1, 0.15) is 5.82 Å². The van der Waals surface area contributed by atoms with Crippen molar-refractivity contribution < 1.29 is 9.59 Å². The van der Waals surface area contributed by atoms with Gasteiger partial charge in [-0.2, -0.15) is 5.26 Å². The van der Waals surface area contributed by atoms with Crippen LogP contribution in [-0.4, -0.2) is 37.6 Å². The average Bonchev–Trinajstić information content (AvgIpc) is 3.54. The highest BCUT2D eigenvalue weighted by Crippen LogP contribution is 2.39. The van der Waals surface area contributed by atoms with E-state index in [0.29, 0.717) is 22.7 Å². The van der Waals surface area contributed by atoms with Crippen molar-refractivity contribution in [3.05, 3.63) is 82.9 Å². The molecule has 1 N–H and O–H groups in total. The molecule has 1 saturated heterocycles. The second kappa shape index (κ2) is 10.1. The minimum atomic E-state index is -0.393. The molecule has 4 heterocycles. The number of carbonyl (C=O) groups is 2. The van der Waals surface area contributed by atoms with Crippen LogP contribution >= 0.6 is 11.6 Å². The highest BCUT2D eigenvalue weighted by Gasteiger charge is 2.32. The number of nitrogens with zero attached hydrogens (tertiary/aromatic N) is 5. The fourth-order valence-corrected chi connectivity index (χ4v) is 4.96. The Balaban J connectivity index is 1.49. The van der Waals surface area contributed by atoms with Gasteiger partial charge in [0.2, 0.25) is 0 Å². The summed E-state index contributed by atoms with van der Waals surface area (Å²) < 4.78 is 1.94. The molecular formula is C28H21ClN6O2. The topological polar surface area (TPSA) is 103 Å². The molecule has 0 bridgehead atoms. The summed E-state index contributed by atoms with van der Waals surface area (Å²) in [6, 6.07) is 14.0. The molecule has 2 amide bonds. The summed E-state index contributed by atoms with van der Waals surface area (Å²) in [4.78, 5) is 35.6. The first-order valence-electron chi connectivity index (χ1n) is 11.7. The van der Waals surface area contributed by atoms with Crippen molar-refractivity contribution in [2.45, 2.75) is 25.8 Å². The zero-order valence-electron chi connectivity index (χ0n) is 19.9. The van der Waals surface area contributed by atoms with Crippen LogP contribution in [0.3, 0.4) is 0 Å². The summed E-state index contributed by atoms with van der Waals surface area (Å²) in [7, 11) is 0. The normalized spacial score (nSPS) is 14.6. The average molecular weight is 509 g/mol. The third kappa shape index (κ3) is 4.63. The predicted molar refractivity (Wildman–Crippen MR) is 140 cm³/mol. The Kier molecular flexibility index (Phi) is 6.59. The van der Waals surface area contributed by atoms with Crippen LogP contribution in [0.4, 0.5) is 5.82 Å². The van der Waals surface area contributed by atoms with Gasteiger partial charge >= 0.3 is 0 Å². The molecule has 1 unspecified atom stereocenters. The molecule has 1 aromatic carbocycles. The zero-order valence-corrected chi connectivity index (χ0v) is 20.7. The Bertz CT molecular complexity index is 1640. The van der Waals surface area contributed by atoms with Crippen molar-refractivity contribution >= 4 is 34.7 Å². The number of rotatable bonds is 4. The molecule has 0 saturated carbocycles. The standard InChI is InChI=1S/C28H21ClN6O2/c1-2-4-27(36)34-12-3-5-23(34)21-15-25(35-17-31-10-9-24(21)35)20-7-6-19(14-22(20)29)28(37)33-26-13-18(16-30)8-11-32-26/h6-11,13-15,17,23H,3,5,12H2,1H3,(H,32,33,37). The second-order valence-corrected chi connectivity index (χ2v) is 8.95. The third-order valence-corrected chi connectivity index (χ3v) is 6.66. The van der Waals surface area contributed by atoms with Gasteiger partial charge in [-0.15, -0.1) is 0 Å².